The van der Waals surface area contributed by atoms with E-state index in [9.17, 15) is 0 Å². The van der Waals surface area contributed by atoms with Gasteiger partial charge in [0.15, 0.2) is 5.58 Å². The largest absolute Gasteiger partial charge is 0.429 e. The van der Waals surface area contributed by atoms with Crippen LogP contribution in [-0.2, 0) is 19.6 Å². The molecule has 0 aliphatic carbocycles. The highest BCUT2D eigenvalue weighted by Gasteiger charge is 2.17. The molecule has 4 heteroatoms. The molecule has 0 fully saturated rings. The van der Waals surface area contributed by atoms with Crippen LogP contribution in [0, 0.1) is 4.84 Å². The van der Waals surface area contributed by atoms with Crippen LogP contribution in [0.2, 0.25) is 0 Å². The van der Waals surface area contributed by atoms with Gasteiger partial charge in [-0.3, -0.25) is 9.47 Å². The van der Waals surface area contributed by atoms with Crippen molar-refractivity contribution < 1.29 is 4.42 Å². The number of hydrogen-bond donors (Lipinski definition) is 0. The van der Waals surface area contributed by atoms with Gasteiger partial charge in [0.05, 0.1) is 12.2 Å². The van der Waals surface area contributed by atoms with E-state index in [0.717, 1.165) is 37.3 Å². The Hall–Kier alpha value is -1.91. The second-order valence-electron chi connectivity index (χ2n) is 5.48. The van der Waals surface area contributed by atoms with Gasteiger partial charge in [0, 0.05) is 13.1 Å². The quantitative estimate of drug-likeness (QED) is 0.668. The molecule has 0 atom stereocenters. The van der Waals surface area contributed by atoms with E-state index >= 15 is 0 Å². The molecule has 21 heavy (non-hydrogen) atoms. The van der Waals surface area contributed by atoms with Crippen molar-refractivity contribution in [2.24, 2.45) is 0 Å². The summed E-state index contributed by atoms with van der Waals surface area (Å²) in [6.45, 7) is 2.81. The summed E-state index contributed by atoms with van der Waals surface area (Å²) in [7, 11) is 0. The van der Waals surface area contributed by atoms with Crippen molar-refractivity contribution in [1.29, 1.82) is 0 Å². The van der Waals surface area contributed by atoms with Crippen LogP contribution in [-0.4, -0.2) is 16.0 Å². The fourth-order valence-electron chi connectivity index (χ4n) is 3.02. The highest BCUT2D eigenvalue weighted by molar-refractivity contribution is 7.71. The highest BCUT2D eigenvalue weighted by Crippen LogP contribution is 2.22. The summed E-state index contributed by atoms with van der Waals surface area (Å²) in [5, 5.41) is 0. The molecule has 2 aromatic carbocycles. The first kappa shape index (κ1) is 12.8. The zero-order chi connectivity index (χ0) is 14.2. The minimum atomic E-state index is 0.551. The first-order valence-corrected chi connectivity index (χ1v) is 7.59. The van der Waals surface area contributed by atoms with Gasteiger partial charge >= 0.3 is 0 Å². The summed E-state index contributed by atoms with van der Waals surface area (Å²) in [6, 6.07) is 16.7. The van der Waals surface area contributed by atoms with Crippen LogP contribution in [0.3, 0.4) is 0 Å². The van der Waals surface area contributed by atoms with Gasteiger partial charge in [-0.1, -0.05) is 36.4 Å². The van der Waals surface area contributed by atoms with Gasteiger partial charge in [-0.2, -0.15) is 0 Å². The molecule has 0 N–H and O–H groups in total. The fraction of sp³-hybridized carbons (Fsp3) is 0.235. The third-order valence-electron chi connectivity index (χ3n) is 4.12. The second kappa shape index (κ2) is 5.13. The van der Waals surface area contributed by atoms with E-state index in [1.165, 1.54) is 11.1 Å². The molecule has 4 rings (SSSR count). The average molecular weight is 296 g/mol. The fourth-order valence-corrected chi connectivity index (χ4v) is 3.27. The van der Waals surface area contributed by atoms with Gasteiger partial charge in [-0.05, 0) is 41.9 Å². The van der Waals surface area contributed by atoms with Crippen molar-refractivity contribution in [2.75, 3.05) is 6.54 Å². The van der Waals surface area contributed by atoms with E-state index in [1.807, 2.05) is 18.2 Å². The number of hydrogen-bond acceptors (Lipinski definition) is 3. The molecule has 3 aromatic rings. The lowest BCUT2D eigenvalue weighted by Gasteiger charge is -2.28. The van der Waals surface area contributed by atoms with Gasteiger partial charge in [-0.15, -0.1) is 0 Å². The molecule has 2 heterocycles. The maximum absolute atomic E-state index is 5.66. The minimum Gasteiger partial charge on any atom is -0.429 e. The van der Waals surface area contributed by atoms with Crippen LogP contribution in [0.1, 0.15) is 11.1 Å². The smallest absolute Gasteiger partial charge is 0.270 e. The molecule has 0 spiro atoms. The minimum absolute atomic E-state index is 0.551. The van der Waals surface area contributed by atoms with E-state index in [2.05, 4.69) is 39.8 Å². The second-order valence-corrected chi connectivity index (χ2v) is 5.83. The number of nitrogens with zero attached hydrogens (tertiary/aromatic N) is 2. The third-order valence-corrected chi connectivity index (χ3v) is 4.43. The molecule has 1 aliphatic heterocycles. The monoisotopic (exact) mass is 296 g/mol. The first-order valence-electron chi connectivity index (χ1n) is 7.19. The average Bonchev–Trinajstić information content (AvgIpc) is 2.83. The predicted molar refractivity (Wildman–Crippen MR) is 85.6 cm³/mol. The Kier molecular flexibility index (Phi) is 3.13. The Bertz CT molecular complexity index is 849. The van der Waals surface area contributed by atoms with Crippen LogP contribution in [0.25, 0.3) is 11.1 Å². The summed E-state index contributed by atoms with van der Waals surface area (Å²) in [5.74, 6) is 0. The maximum atomic E-state index is 5.66. The van der Waals surface area contributed by atoms with E-state index in [0.29, 0.717) is 4.84 Å². The van der Waals surface area contributed by atoms with Gasteiger partial charge in [0.2, 0.25) is 0 Å². The lowest BCUT2D eigenvalue weighted by Crippen LogP contribution is -2.32. The number of oxazole rings is 1. The van der Waals surface area contributed by atoms with E-state index < -0.39 is 0 Å². The van der Waals surface area contributed by atoms with Crippen molar-refractivity contribution in [3.8, 4) is 0 Å². The Labute approximate surface area is 128 Å². The van der Waals surface area contributed by atoms with E-state index in [4.69, 9.17) is 16.6 Å². The van der Waals surface area contributed by atoms with Crippen molar-refractivity contribution >= 4 is 23.3 Å². The van der Waals surface area contributed by atoms with Gasteiger partial charge < -0.3 is 4.42 Å². The Balaban J connectivity index is 1.65. The lowest BCUT2D eigenvalue weighted by atomic mass is 10.0. The molecular formula is C17H16N2OS. The normalized spacial score (nSPS) is 15.2. The third kappa shape index (κ3) is 2.30. The van der Waals surface area contributed by atoms with Gasteiger partial charge in [0.1, 0.15) is 0 Å². The summed E-state index contributed by atoms with van der Waals surface area (Å²) in [5.41, 5.74) is 4.82. The highest BCUT2D eigenvalue weighted by atomic mass is 32.1. The zero-order valence-corrected chi connectivity index (χ0v) is 12.5. The molecular weight excluding hydrogens is 280 g/mol. The summed E-state index contributed by atoms with van der Waals surface area (Å²) >= 11 is 5.37. The SMILES string of the molecule is S=c1oc2ccccc2n1CN1CCc2ccccc2C1. The van der Waals surface area contributed by atoms with Crippen molar-refractivity contribution in [3.05, 3.63) is 64.5 Å². The van der Waals surface area contributed by atoms with Crippen LogP contribution >= 0.6 is 12.2 Å². The molecule has 1 aliphatic rings. The Morgan fingerprint density at radius 2 is 1.76 bits per heavy atom. The van der Waals surface area contributed by atoms with Gasteiger partial charge in [0.25, 0.3) is 4.84 Å². The van der Waals surface area contributed by atoms with Gasteiger partial charge in [-0.25, -0.2) is 0 Å². The number of fused-ring (bicyclic) bond motifs is 2. The summed E-state index contributed by atoms with van der Waals surface area (Å²) < 4.78 is 7.74. The van der Waals surface area contributed by atoms with E-state index in [1.54, 1.807) is 0 Å². The molecule has 0 bridgehead atoms. The maximum Gasteiger partial charge on any atom is 0.270 e. The Morgan fingerprint density at radius 3 is 2.67 bits per heavy atom. The predicted octanol–water partition coefficient (Wildman–Crippen LogP) is 3.98. The van der Waals surface area contributed by atoms with Crippen LogP contribution in [0.4, 0.5) is 0 Å². The molecule has 1 aromatic heterocycles. The molecule has 0 amide bonds. The van der Waals surface area contributed by atoms with Crippen molar-refractivity contribution in [3.63, 3.8) is 0 Å². The van der Waals surface area contributed by atoms with Crippen LogP contribution < -0.4 is 0 Å². The number of para-hydroxylation sites is 2. The zero-order valence-electron chi connectivity index (χ0n) is 11.7. The first-order chi connectivity index (χ1) is 10.3. The molecule has 0 radical (unpaired) electrons. The molecule has 0 unspecified atom stereocenters. The number of aromatic nitrogens is 1. The number of benzene rings is 2. The molecule has 0 saturated carbocycles. The molecule has 106 valence electrons. The van der Waals surface area contributed by atoms with Crippen LogP contribution in [0.15, 0.2) is 52.9 Å². The van der Waals surface area contributed by atoms with Crippen molar-refractivity contribution in [1.82, 2.24) is 9.47 Å². The topological polar surface area (TPSA) is 21.3 Å². The van der Waals surface area contributed by atoms with Crippen molar-refractivity contribution in [2.45, 2.75) is 19.6 Å². The standard InChI is InChI=1S/C17H16N2OS/c21-17-19(15-7-3-4-8-16(15)20-17)12-18-10-9-13-5-1-2-6-14(13)11-18/h1-8H,9-12H2. The molecule has 0 saturated heterocycles. The summed E-state index contributed by atoms with van der Waals surface area (Å²) in [6.07, 6.45) is 1.10. The molecule has 3 nitrogen and oxygen atoms in total. The lowest BCUT2D eigenvalue weighted by molar-refractivity contribution is 0.198. The van der Waals surface area contributed by atoms with E-state index in [-0.39, 0.29) is 0 Å². The Morgan fingerprint density at radius 1 is 1.00 bits per heavy atom. The van der Waals surface area contributed by atoms with Crippen LogP contribution in [0.5, 0.6) is 0 Å². The number of rotatable bonds is 2. The summed E-state index contributed by atoms with van der Waals surface area (Å²) in [4.78, 5) is 2.97.